The van der Waals surface area contributed by atoms with E-state index < -0.39 is 0 Å². The predicted molar refractivity (Wildman–Crippen MR) is 104 cm³/mol. The van der Waals surface area contributed by atoms with E-state index in [0.717, 1.165) is 67.5 Å². The van der Waals surface area contributed by atoms with Gasteiger partial charge >= 0.3 is 0 Å². The van der Waals surface area contributed by atoms with Gasteiger partial charge in [0.05, 0.1) is 5.39 Å². The lowest BCUT2D eigenvalue weighted by molar-refractivity contribution is -0.142. The van der Waals surface area contributed by atoms with Gasteiger partial charge in [-0.3, -0.25) is 9.59 Å². The van der Waals surface area contributed by atoms with Crippen LogP contribution in [0.25, 0.3) is 10.2 Å². The van der Waals surface area contributed by atoms with Crippen LogP contribution in [0.4, 0.5) is 0 Å². The van der Waals surface area contributed by atoms with E-state index >= 15 is 0 Å². The van der Waals surface area contributed by atoms with Crippen molar-refractivity contribution in [1.82, 2.24) is 14.9 Å². The highest BCUT2D eigenvalue weighted by Crippen LogP contribution is 2.34. The molecule has 0 spiro atoms. The zero-order chi connectivity index (χ0) is 18.4. The van der Waals surface area contributed by atoms with Crippen LogP contribution < -0.4 is 5.56 Å². The summed E-state index contributed by atoms with van der Waals surface area (Å²) in [6.07, 6.45) is 7.81. The highest BCUT2D eigenvalue weighted by molar-refractivity contribution is 7.18. The Hall–Kier alpha value is -1.73. The van der Waals surface area contributed by atoms with Crippen LogP contribution >= 0.6 is 11.3 Å². The molecular weight excluding hydrogens is 362 g/mol. The van der Waals surface area contributed by atoms with Crippen LogP contribution in [0.15, 0.2) is 4.79 Å². The summed E-state index contributed by atoms with van der Waals surface area (Å²) in [6.45, 7) is 2.08. The predicted octanol–water partition coefficient (Wildman–Crippen LogP) is 2.75. The molecule has 0 unspecified atom stereocenters. The number of ether oxygens (including phenoxy) is 1. The quantitative estimate of drug-likeness (QED) is 0.860. The third-order valence-electron chi connectivity index (χ3n) is 6.17. The molecule has 2 aromatic rings. The van der Waals surface area contributed by atoms with E-state index in [1.54, 1.807) is 11.3 Å². The Morgan fingerprint density at radius 3 is 2.93 bits per heavy atom. The zero-order valence-electron chi connectivity index (χ0n) is 15.5. The van der Waals surface area contributed by atoms with Gasteiger partial charge in [0, 0.05) is 30.5 Å². The average Bonchev–Trinajstić information content (AvgIpc) is 3.35. The smallest absolute Gasteiger partial charge is 0.259 e. The molecule has 144 valence electrons. The summed E-state index contributed by atoms with van der Waals surface area (Å²) in [4.78, 5) is 37.5. The van der Waals surface area contributed by atoms with E-state index in [4.69, 9.17) is 9.72 Å². The number of aryl methyl sites for hydroxylation is 2. The summed E-state index contributed by atoms with van der Waals surface area (Å²) in [5.74, 6) is 0.948. The maximum absolute atomic E-state index is 12.8. The van der Waals surface area contributed by atoms with Gasteiger partial charge in [0.2, 0.25) is 0 Å². The molecule has 1 amide bonds. The van der Waals surface area contributed by atoms with Crippen LogP contribution in [0.2, 0.25) is 0 Å². The standard InChI is InChI=1S/C20H25N3O3S/c24-18-16-13-6-1-2-8-15(13)27-19(16)22-17(21-18)12-5-3-9-23(11-12)20(25)14-7-4-10-26-14/h12,14H,1-11H2,(H,21,22,24)/t12-,14+/m1/s1. The van der Waals surface area contributed by atoms with Crippen molar-refractivity contribution in [3.63, 3.8) is 0 Å². The monoisotopic (exact) mass is 387 g/mol. The second-order valence-corrected chi connectivity index (χ2v) is 9.05. The molecule has 0 aromatic carbocycles. The van der Waals surface area contributed by atoms with Gasteiger partial charge in [0.25, 0.3) is 11.5 Å². The molecule has 0 saturated carbocycles. The number of hydrogen-bond acceptors (Lipinski definition) is 5. The molecule has 5 rings (SSSR count). The fraction of sp³-hybridized carbons (Fsp3) is 0.650. The SMILES string of the molecule is O=C([C@@H]1CCCO1)N1CCC[C@@H](c2nc3sc4c(c3c(=O)[nH]2)CCCC4)C1. The van der Waals surface area contributed by atoms with Crippen molar-refractivity contribution in [3.05, 3.63) is 26.6 Å². The van der Waals surface area contributed by atoms with Crippen molar-refractivity contribution in [2.24, 2.45) is 0 Å². The molecule has 0 bridgehead atoms. The minimum Gasteiger partial charge on any atom is -0.368 e. The van der Waals surface area contributed by atoms with Crippen molar-refractivity contribution in [1.29, 1.82) is 0 Å². The second kappa shape index (κ2) is 7.02. The number of nitrogens with zero attached hydrogens (tertiary/aromatic N) is 2. The topological polar surface area (TPSA) is 75.3 Å². The number of carbonyl (C=O) groups excluding carboxylic acids is 1. The number of H-pyrrole nitrogens is 1. The molecular formula is C20H25N3O3S. The Balaban J connectivity index is 1.42. The van der Waals surface area contributed by atoms with Gasteiger partial charge in [-0.2, -0.15) is 0 Å². The molecule has 2 fully saturated rings. The maximum atomic E-state index is 12.8. The number of hydrogen-bond donors (Lipinski definition) is 1. The fourth-order valence-electron chi connectivity index (χ4n) is 4.75. The number of carbonyl (C=O) groups is 1. The van der Waals surface area contributed by atoms with E-state index in [0.29, 0.717) is 13.2 Å². The minimum atomic E-state index is -0.276. The number of piperidine rings is 1. The number of rotatable bonds is 2. The number of aromatic nitrogens is 2. The summed E-state index contributed by atoms with van der Waals surface area (Å²) in [6, 6.07) is 0. The van der Waals surface area contributed by atoms with Gasteiger partial charge in [-0.1, -0.05) is 0 Å². The van der Waals surface area contributed by atoms with E-state index in [2.05, 4.69) is 4.98 Å². The summed E-state index contributed by atoms with van der Waals surface area (Å²) in [7, 11) is 0. The Kier molecular flexibility index (Phi) is 4.52. The molecule has 27 heavy (non-hydrogen) atoms. The molecule has 2 atom stereocenters. The maximum Gasteiger partial charge on any atom is 0.259 e. The second-order valence-electron chi connectivity index (χ2n) is 7.97. The lowest BCUT2D eigenvalue weighted by Crippen LogP contribution is -2.44. The largest absolute Gasteiger partial charge is 0.368 e. The first-order chi connectivity index (χ1) is 13.2. The Morgan fingerprint density at radius 2 is 2.07 bits per heavy atom. The van der Waals surface area contributed by atoms with Gasteiger partial charge < -0.3 is 14.6 Å². The first-order valence-corrected chi connectivity index (χ1v) is 11.0. The molecule has 0 radical (unpaired) electrons. The number of aromatic amines is 1. The highest BCUT2D eigenvalue weighted by atomic mass is 32.1. The lowest BCUT2D eigenvalue weighted by Gasteiger charge is -2.33. The molecule has 7 heteroatoms. The number of nitrogens with one attached hydrogen (secondary N) is 1. The van der Waals surface area contributed by atoms with Crippen molar-refractivity contribution >= 4 is 27.5 Å². The van der Waals surface area contributed by atoms with Crippen molar-refractivity contribution in [2.45, 2.75) is 63.4 Å². The number of thiophene rings is 1. The van der Waals surface area contributed by atoms with Crippen LogP contribution in [-0.2, 0) is 22.4 Å². The Labute approximate surface area is 161 Å². The van der Waals surface area contributed by atoms with E-state index in [9.17, 15) is 9.59 Å². The summed E-state index contributed by atoms with van der Waals surface area (Å²) in [5.41, 5.74) is 1.22. The molecule has 2 aromatic heterocycles. The van der Waals surface area contributed by atoms with Crippen LogP contribution in [0.3, 0.4) is 0 Å². The normalized spacial score (nSPS) is 25.7. The summed E-state index contributed by atoms with van der Waals surface area (Å²) >= 11 is 1.69. The van der Waals surface area contributed by atoms with Gasteiger partial charge in [-0.15, -0.1) is 11.3 Å². The average molecular weight is 388 g/mol. The van der Waals surface area contributed by atoms with Gasteiger partial charge in [-0.05, 0) is 56.9 Å². The highest BCUT2D eigenvalue weighted by Gasteiger charge is 2.33. The van der Waals surface area contributed by atoms with Crippen LogP contribution in [0.5, 0.6) is 0 Å². The molecule has 6 nitrogen and oxygen atoms in total. The molecule has 1 aliphatic carbocycles. The van der Waals surface area contributed by atoms with Gasteiger partial charge in [0.1, 0.15) is 16.8 Å². The van der Waals surface area contributed by atoms with Crippen LogP contribution in [-0.4, -0.2) is 46.6 Å². The summed E-state index contributed by atoms with van der Waals surface area (Å²) < 4.78 is 5.57. The fourth-order valence-corrected chi connectivity index (χ4v) is 6.02. The number of fused-ring (bicyclic) bond motifs is 3. The minimum absolute atomic E-state index is 0.00280. The molecule has 4 heterocycles. The van der Waals surface area contributed by atoms with E-state index in [1.807, 2.05) is 4.90 Å². The van der Waals surface area contributed by atoms with Gasteiger partial charge in [-0.25, -0.2) is 4.98 Å². The van der Waals surface area contributed by atoms with E-state index in [1.165, 1.54) is 16.9 Å². The van der Waals surface area contributed by atoms with Crippen LogP contribution in [0.1, 0.15) is 60.7 Å². The third kappa shape index (κ3) is 3.10. The van der Waals surface area contributed by atoms with Crippen molar-refractivity contribution in [3.8, 4) is 0 Å². The van der Waals surface area contributed by atoms with E-state index in [-0.39, 0.29) is 23.5 Å². The molecule has 2 aliphatic heterocycles. The number of amides is 1. The first-order valence-electron chi connectivity index (χ1n) is 10.2. The van der Waals surface area contributed by atoms with Crippen LogP contribution in [0, 0.1) is 0 Å². The van der Waals surface area contributed by atoms with Crippen molar-refractivity contribution in [2.75, 3.05) is 19.7 Å². The molecule has 3 aliphatic rings. The zero-order valence-corrected chi connectivity index (χ0v) is 16.3. The van der Waals surface area contributed by atoms with Gasteiger partial charge in [0.15, 0.2) is 0 Å². The molecule has 2 saturated heterocycles. The molecule has 1 N–H and O–H groups in total. The Morgan fingerprint density at radius 1 is 1.19 bits per heavy atom. The van der Waals surface area contributed by atoms with Crippen molar-refractivity contribution < 1.29 is 9.53 Å². The third-order valence-corrected chi connectivity index (χ3v) is 7.35. The summed E-state index contributed by atoms with van der Waals surface area (Å²) in [5, 5.41) is 0.807. The Bertz CT molecular complexity index is 928. The number of likely N-dealkylation sites (tertiary alicyclic amines) is 1. The lowest BCUT2D eigenvalue weighted by atomic mass is 9.95. The first kappa shape index (κ1) is 17.4.